The summed E-state index contributed by atoms with van der Waals surface area (Å²) in [5.74, 6) is -1.80. The summed E-state index contributed by atoms with van der Waals surface area (Å²) < 4.78 is 93.1. The minimum absolute atomic E-state index is 0.126. The van der Waals surface area contributed by atoms with Crippen LogP contribution in [0.25, 0.3) is 10.4 Å². The molecule has 2 N–H and O–H groups in total. The fourth-order valence-electron chi connectivity index (χ4n) is 7.91. The fraction of sp³-hybridized carbons (Fsp3) is 0.512. The van der Waals surface area contributed by atoms with Gasteiger partial charge in [-0.15, -0.1) is 0 Å². The number of methoxy groups -OCH3 is 3. The topological polar surface area (TPSA) is 267 Å². The van der Waals surface area contributed by atoms with Crippen LogP contribution in [0, 0.1) is 0 Å². The lowest BCUT2D eigenvalue weighted by Gasteiger charge is -2.49. The third kappa shape index (κ3) is 12.6. The molecule has 3 aromatic carbocycles. The third-order valence-electron chi connectivity index (χ3n) is 10.9. The smallest absolute Gasteiger partial charge is 0.397 e. The van der Waals surface area contributed by atoms with E-state index in [0.29, 0.717) is 11.3 Å². The average Bonchev–Trinajstić information content (AvgIpc) is 3.27. The van der Waals surface area contributed by atoms with Gasteiger partial charge >= 0.3 is 22.3 Å². The van der Waals surface area contributed by atoms with Crippen molar-refractivity contribution in [2.75, 3.05) is 27.9 Å². The Morgan fingerprint density at radius 2 is 1.46 bits per heavy atom. The zero-order valence-corrected chi connectivity index (χ0v) is 38.8. The van der Waals surface area contributed by atoms with Gasteiger partial charge in [-0.1, -0.05) is 98.7 Å². The van der Waals surface area contributed by atoms with Crippen LogP contribution in [0.5, 0.6) is 5.75 Å². The number of rotatable bonds is 20. The Bertz CT molecular complexity index is 2170. The maximum absolute atomic E-state index is 13.7. The van der Waals surface area contributed by atoms with E-state index in [1.54, 1.807) is 24.3 Å². The van der Waals surface area contributed by atoms with Crippen LogP contribution in [0.3, 0.4) is 0 Å². The highest BCUT2D eigenvalue weighted by Crippen LogP contribution is 2.39. The van der Waals surface area contributed by atoms with E-state index < -0.39 is 97.0 Å². The SMILES string of the molecule is COC(=O)[C@H]1O[C@H](OC)[C@H](O)[C@@H](OS(=O)(=O)O)[C@@H]1O[C@H]1O[C@H](CO[Si](c2ccccc2)(c2ccccc2)C(C)(C)C)[C@@H](OCc2ccc(OC)cc2)[C@H](OC(=O)CCC(C)=O)[C@H]1N=[N+]=[N-]. The Morgan fingerprint density at radius 3 is 1.97 bits per heavy atom. The zero-order chi connectivity index (χ0) is 47.5. The van der Waals surface area contributed by atoms with Crippen LogP contribution >= 0.6 is 0 Å². The molecule has 2 aliphatic rings. The van der Waals surface area contributed by atoms with Crippen LogP contribution in [-0.4, -0.2) is 133 Å². The summed E-state index contributed by atoms with van der Waals surface area (Å²) in [4.78, 5) is 41.9. The summed E-state index contributed by atoms with van der Waals surface area (Å²) >= 11 is 0. The Morgan fingerprint density at radius 1 is 0.846 bits per heavy atom. The first-order valence-corrected chi connectivity index (χ1v) is 23.8. The molecule has 0 spiro atoms. The lowest BCUT2D eigenvalue weighted by Crippen LogP contribution is -2.69. The van der Waals surface area contributed by atoms with Gasteiger partial charge in [0.1, 0.15) is 54.2 Å². The van der Waals surface area contributed by atoms with Crippen LogP contribution in [0.2, 0.25) is 5.04 Å². The number of carbonyl (C=O) groups excluding carboxylic acids is 3. The van der Waals surface area contributed by atoms with E-state index >= 15 is 0 Å². The fourth-order valence-corrected chi connectivity index (χ4v) is 13.0. The van der Waals surface area contributed by atoms with E-state index in [9.17, 15) is 38.0 Å². The summed E-state index contributed by atoms with van der Waals surface area (Å²) in [5.41, 5.74) is 10.7. The molecule has 0 radical (unpaired) electrons. The van der Waals surface area contributed by atoms with Crippen LogP contribution < -0.4 is 15.1 Å². The van der Waals surface area contributed by atoms with Crippen LogP contribution in [0.1, 0.15) is 46.1 Å². The largest absolute Gasteiger partial charge is 0.497 e. The molecule has 0 saturated carbocycles. The molecule has 3 aromatic rings. The van der Waals surface area contributed by atoms with Gasteiger partial charge in [0.2, 0.25) is 0 Å². The van der Waals surface area contributed by atoms with Gasteiger partial charge in [0.05, 0.1) is 33.9 Å². The molecule has 2 heterocycles. The van der Waals surface area contributed by atoms with Crippen LogP contribution in [0.4, 0.5) is 0 Å². The van der Waals surface area contributed by atoms with Crippen molar-refractivity contribution in [3.05, 3.63) is 101 Å². The zero-order valence-electron chi connectivity index (χ0n) is 37.0. The lowest BCUT2D eigenvalue weighted by molar-refractivity contribution is -0.336. The van der Waals surface area contributed by atoms with Crippen molar-refractivity contribution >= 4 is 46.8 Å². The normalized spacial score (nSPS) is 26.0. The number of aliphatic hydroxyl groups is 1. The molecule has 354 valence electrons. The minimum Gasteiger partial charge on any atom is -0.497 e. The lowest BCUT2D eigenvalue weighted by atomic mass is 9.95. The van der Waals surface area contributed by atoms with Gasteiger partial charge in [0, 0.05) is 18.4 Å². The number of aliphatic hydroxyl groups excluding tert-OH is 1. The number of nitrogens with zero attached hydrogens (tertiary/aromatic N) is 3. The molecule has 20 nitrogen and oxygen atoms in total. The number of benzene rings is 3. The number of Topliss-reactive ketones (excluding diaryl/α,β-unsaturated/α-hetero) is 1. The molecule has 2 saturated heterocycles. The number of hydrogen-bond acceptors (Lipinski definition) is 17. The summed E-state index contributed by atoms with van der Waals surface area (Å²) in [6, 6.07) is 24.4. The van der Waals surface area contributed by atoms with E-state index in [2.05, 4.69) is 10.0 Å². The van der Waals surface area contributed by atoms with Crippen molar-refractivity contribution in [2.45, 2.75) is 114 Å². The van der Waals surface area contributed by atoms with Gasteiger partial charge in [-0.2, -0.15) is 8.42 Å². The first-order valence-electron chi connectivity index (χ1n) is 20.5. The molecule has 22 heteroatoms. The molecule has 2 fully saturated rings. The van der Waals surface area contributed by atoms with Crippen molar-refractivity contribution in [3.8, 4) is 5.75 Å². The monoisotopic (exact) mass is 945 g/mol. The number of ketones is 1. The summed E-state index contributed by atoms with van der Waals surface area (Å²) in [7, 11) is -5.19. The van der Waals surface area contributed by atoms with Crippen molar-refractivity contribution in [3.63, 3.8) is 0 Å². The molecule has 10 atom stereocenters. The van der Waals surface area contributed by atoms with E-state index in [0.717, 1.165) is 24.6 Å². The van der Waals surface area contributed by atoms with E-state index in [4.69, 9.17) is 46.5 Å². The second-order valence-electron chi connectivity index (χ2n) is 16.3. The molecule has 5 rings (SSSR count). The van der Waals surface area contributed by atoms with Crippen molar-refractivity contribution in [2.24, 2.45) is 5.11 Å². The quantitative estimate of drug-likeness (QED) is 0.0411. The predicted octanol–water partition coefficient (Wildman–Crippen LogP) is 3.32. The number of carbonyl (C=O) groups is 3. The number of esters is 2. The van der Waals surface area contributed by atoms with Gasteiger partial charge in [-0.05, 0) is 45.6 Å². The Kier molecular flexibility index (Phi) is 17.8. The molecule has 0 amide bonds. The van der Waals surface area contributed by atoms with E-state index in [1.165, 1.54) is 14.0 Å². The van der Waals surface area contributed by atoms with Gasteiger partial charge in [-0.3, -0.25) is 9.35 Å². The summed E-state index contributed by atoms with van der Waals surface area (Å²) in [5, 5.41) is 16.4. The second-order valence-corrected chi connectivity index (χ2v) is 21.6. The second kappa shape index (κ2) is 22.6. The first-order chi connectivity index (χ1) is 30.9. The average molecular weight is 946 g/mol. The Balaban J connectivity index is 1.69. The molecule has 0 unspecified atom stereocenters. The standard InChI is InChI=1S/C43H55N3O17SSi/c1-26(47)18-23-32(48)60-36-33(45-46-44)41(61-38-37(63-64(51,52)53)34(49)42(56-7)62-39(38)40(50)55-6)59-31(35(36)57-24-27-19-21-28(54-5)22-20-27)25-58-65(43(2,3)4,29-14-10-8-11-15-29)30-16-12-9-13-17-30/h8-17,19-22,31,33-39,41-42,49H,18,23-25H2,1-7H3,(H,51,52,53)/t31-,33-,34-,35-,36-,37-,38+,39+,41-,42+/m1/s1. The van der Waals surface area contributed by atoms with Crippen LogP contribution in [0.15, 0.2) is 90.0 Å². The molecule has 2 aliphatic heterocycles. The third-order valence-corrected chi connectivity index (χ3v) is 16.4. The highest BCUT2D eigenvalue weighted by atomic mass is 32.3. The molecule has 65 heavy (non-hydrogen) atoms. The Hall–Kier alpha value is -4.81. The van der Waals surface area contributed by atoms with Gasteiger partial charge in [-0.25, -0.2) is 8.98 Å². The molecule has 0 aromatic heterocycles. The molecular formula is C43H55N3O17SSi. The molecular weight excluding hydrogens is 891 g/mol. The van der Waals surface area contributed by atoms with E-state index in [1.807, 2.05) is 81.4 Å². The van der Waals surface area contributed by atoms with Crippen molar-refractivity contribution < 1.29 is 79.0 Å². The first kappa shape index (κ1) is 51.2. The molecule has 0 bridgehead atoms. The predicted molar refractivity (Wildman–Crippen MR) is 232 cm³/mol. The van der Waals surface area contributed by atoms with E-state index in [-0.39, 0.29) is 31.8 Å². The highest BCUT2D eigenvalue weighted by Gasteiger charge is 2.58. The summed E-state index contributed by atoms with van der Waals surface area (Å²) in [6.07, 6.45) is -16.6. The van der Waals surface area contributed by atoms with Gasteiger partial charge in [0.25, 0.3) is 8.32 Å². The minimum atomic E-state index is -5.40. The van der Waals surface area contributed by atoms with Crippen molar-refractivity contribution in [1.82, 2.24) is 0 Å². The number of azide groups is 1. The Labute approximate surface area is 378 Å². The van der Waals surface area contributed by atoms with Crippen LogP contribution in [-0.2, 0) is 73.2 Å². The highest BCUT2D eigenvalue weighted by molar-refractivity contribution is 7.80. The van der Waals surface area contributed by atoms with Gasteiger partial charge < -0.3 is 52.2 Å². The van der Waals surface area contributed by atoms with Crippen molar-refractivity contribution in [1.29, 1.82) is 0 Å². The maximum atomic E-state index is 13.7. The molecule has 0 aliphatic carbocycles. The number of ether oxygens (including phenoxy) is 8. The maximum Gasteiger partial charge on any atom is 0.397 e. The number of hydrogen-bond donors (Lipinski definition) is 2. The van der Waals surface area contributed by atoms with Gasteiger partial charge in [0.15, 0.2) is 18.7 Å². The summed E-state index contributed by atoms with van der Waals surface area (Å²) in [6.45, 7) is 7.00.